The third-order valence-electron chi connectivity index (χ3n) is 3.27. The van der Waals surface area contributed by atoms with Crippen molar-refractivity contribution < 1.29 is 14.6 Å². The number of unbranched alkanes of at least 4 members (excludes halogenated alkanes) is 2. The normalized spacial score (nSPS) is 9.86. The van der Waals surface area contributed by atoms with Crippen LogP contribution in [0.5, 0.6) is 11.5 Å². The van der Waals surface area contributed by atoms with Crippen LogP contribution in [0.15, 0.2) is 48.5 Å². The van der Waals surface area contributed by atoms with Crippen molar-refractivity contribution in [3.8, 4) is 11.5 Å². The monoisotopic (exact) mass is 300 g/mol. The van der Waals surface area contributed by atoms with E-state index < -0.39 is 0 Å². The number of hydrogen-bond donors (Lipinski definition) is 1. The number of carbonyl (C=O) groups excluding carboxylic acids is 1. The van der Waals surface area contributed by atoms with Crippen LogP contribution in [-0.4, -0.2) is 17.5 Å². The summed E-state index contributed by atoms with van der Waals surface area (Å²) in [5.41, 5.74) is 0.853. The summed E-state index contributed by atoms with van der Waals surface area (Å²) >= 11 is 0. The summed E-state index contributed by atoms with van der Waals surface area (Å²) in [7, 11) is 0. The second-order valence-electron chi connectivity index (χ2n) is 4.93. The molecule has 2 rings (SSSR count). The average molecular weight is 300 g/mol. The number of phenols is 1. The topological polar surface area (TPSA) is 46.5 Å². The first-order valence-electron chi connectivity index (χ1n) is 7.28. The molecule has 0 saturated carbocycles. The maximum Gasteiger partial charge on any atom is 0.196 e. The highest BCUT2D eigenvalue weighted by Gasteiger charge is 2.13. The van der Waals surface area contributed by atoms with Gasteiger partial charge in [-0.05, 0) is 18.6 Å². The van der Waals surface area contributed by atoms with Crippen LogP contribution in [0.3, 0.4) is 0 Å². The molecule has 2 aromatic rings. The summed E-state index contributed by atoms with van der Waals surface area (Å²) < 4.78 is 5.56. The molecule has 0 fully saturated rings. The molecule has 0 aliphatic heterocycles. The summed E-state index contributed by atoms with van der Waals surface area (Å²) in [6, 6.07) is 13.8. The Morgan fingerprint density at radius 2 is 1.82 bits per heavy atom. The highest BCUT2D eigenvalue weighted by molar-refractivity contribution is 6.10. The third kappa shape index (κ3) is 4.62. The van der Waals surface area contributed by atoms with E-state index in [4.69, 9.17) is 4.74 Å². The molecule has 0 radical (unpaired) electrons. The Balaban J connectivity index is 0.00000242. The number of hydrogen-bond acceptors (Lipinski definition) is 3. The van der Waals surface area contributed by atoms with Crippen molar-refractivity contribution >= 4 is 5.78 Å². The van der Waals surface area contributed by atoms with Gasteiger partial charge >= 0.3 is 0 Å². The van der Waals surface area contributed by atoms with Gasteiger partial charge in [0.05, 0.1) is 12.2 Å². The molecule has 0 atom stereocenters. The van der Waals surface area contributed by atoms with Gasteiger partial charge < -0.3 is 9.84 Å². The van der Waals surface area contributed by atoms with Crippen LogP contribution >= 0.6 is 0 Å². The van der Waals surface area contributed by atoms with Crippen LogP contribution in [0, 0.1) is 0 Å². The molecule has 3 heteroatoms. The van der Waals surface area contributed by atoms with Crippen LogP contribution in [0.25, 0.3) is 0 Å². The van der Waals surface area contributed by atoms with Crippen LogP contribution in [0.1, 0.15) is 49.5 Å². The highest BCUT2D eigenvalue weighted by Crippen LogP contribution is 2.26. The second-order valence-corrected chi connectivity index (χ2v) is 4.93. The van der Waals surface area contributed by atoms with Crippen molar-refractivity contribution in [3.05, 3.63) is 59.7 Å². The van der Waals surface area contributed by atoms with Crippen LogP contribution in [0.4, 0.5) is 0 Å². The number of carbonyl (C=O) groups is 1. The smallest absolute Gasteiger partial charge is 0.196 e. The fraction of sp³-hybridized carbons (Fsp3) is 0.316. The molecule has 0 saturated heterocycles. The largest absolute Gasteiger partial charge is 0.507 e. The van der Waals surface area contributed by atoms with Crippen molar-refractivity contribution in [2.45, 2.75) is 33.6 Å². The minimum Gasteiger partial charge on any atom is -0.507 e. The van der Waals surface area contributed by atoms with Gasteiger partial charge in [-0.3, -0.25) is 4.79 Å². The molecule has 0 aliphatic rings. The van der Waals surface area contributed by atoms with E-state index in [0.29, 0.717) is 23.5 Å². The summed E-state index contributed by atoms with van der Waals surface area (Å²) in [6.07, 6.45) is 3.25. The molecular weight excluding hydrogens is 276 g/mol. The van der Waals surface area contributed by atoms with Gasteiger partial charge in [-0.15, -0.1) is 0 Å². The van der Waals surface area contributed by atoms with Gasteiger partial charge in [0.1, 0.15) is 11.5 Å². The molecule has 0 amide bonds. The second kappa shape index (κ2) is 8.88. The van der Waals surface area contributed by atoms with E-state index in [0.717, 1.165) is 19.3 Å². The zero-order valence-corrected chi connectivity index (χ0v) is 12.2. The van der Waals surface area contributed by atoms with E-state index in [-0.39, 0.29) is 19.0 Å². The number of aromatic hydroxyl groups is 1. The summed E-state index contributed by atoms with van der Waals surface area (Å²) in [5.74, 6) is 0.357. The summed E-state index contributed by atoms with van der Waals surface area (Å²) in [5, 5.41) is 10.0. The highest BCUT2D eigenvalue weighted by atomic mass is 16.5. The zero-order valence-electron chi connectivity index (χ0n) is 12.2. The number of ether oxygens (including phenoxy) is 1. The SMILES string of the molecule is C.CCCCCOc1ccc(C(=O)c2ccccc2)c(O)c1. The molecule has 0 heterocycles. The van der Waals surface area contributed by atoms with Gasteiger partial charge in [0.25, 0.3) is 0 Å². The molecule has 0 bridgehead atoms. The van der Waals surface area contributed by atoms with Crippen molar-refractivity contribution in [1.29, 1.82) is 0 Å². The minimum atomic E-state index is -0.189. The quantitative estimate of drug-likeness (QED) is 0.588. The molecule has 3 nitrogen and oxygen atoms in total. The Hall–Kier alpha value is -2.29. The van der Waals surface area contributed by atoms with Gasteiger partial charge in [0, 0.05) is 11.6 Å². The molecule has 2 aromatic carbocycles. The lowest BCUT2D eigenvalue weighted by atomic mass is 10.0. The number of phenolic OH excluding ortho intramolecular Hbond substituents is 1. The van der Waals surface area contributed by atoms with E-state index in [9.17, 15) is 9.90 Å². The standard InChI is InChI=1S/C18H20O3.CH4/c1-2-3-7-12-21-15-10-11-16(17(19)13-15)18(20)14-8-5-4-6-9-14;/h4-6,8-11,13,19H,2-3,7,12H2,1H3;1H4. The van der Waals surface area contributed by atoms with Gasteiger partial charge in [0.15, 0.2) is 5.78 Å². The first kappa shape index (κ1) is 17.8. The molecular formula is C19H24O3. The van der Waals surface area contributed by atoms with Crippen molar-refractivity contribution in [2.75, 3.05) is 6.61 Å². The maximum atomic E-state index is 12.3. The Labute approximate surface area is 132 Å². The van der Waals surface area contributed by atoms with E-state index in [1.54, 1.807) is 36.4 Å². The first-order valence-corrected chi connectivity index (χ1v) is 7.28. The van der Waals surface area contributed by atoms with E-state index >= 15 is 0 Å². The molecule has 0 spiro atoms. The molecule has 118 valence electrons. The number of rotatable bonds is 7. The fourth-order valence-corrected chi connectivity index (χ4v) is 2.08. The van der Waals surface area contributed by atoms with Crippen LogP contribution in [-0.2, 0) is 0 Å². The van der Waals surface area contributed by atoms with Crippen molar-refractivity contribution in [2.24, 2.45) is 0 Å². The van der Waals surface area contributed by atoms with E-state index in [2.05, 4.69) is 6.92 Å². The zero-order chi connectivity index (χ0) is 15.1. The third-order valence-corrected chi connectivity index (χ3v) is 3.27. The number of ketones is 1. The van der Waals surface area contributed by atoms with Crippen molar-refractivity contribution in [3.63, 3.8) is 0 Å². The van der Waals surface area contributed by atoms with Gasteiger partial charge in [-0.1, -0.05) is 57.5 Å². The molecule has 0 aliphatic carbocycles. The minimum absolute atomic E-state index is 0. The molecule has 22 heavy (non-hydrogen) atoms. The average Bonchev–Trinajstić information content (AvgIpc) is 2.52. The molecule has 0 aromatic heterocycles. The van der Waals surface area contributed by atoms with Crippen LogP contribution < -0.4 is 4.74 Å². The lowest BCUT2D eigenvalue weighted by Gasteiger charge is -2.09. The Morgan fingerprint density at radius 3 is 2.45 bits per heavy atom. The van der Waals surface area contributed by atoms with Crippen molar-refractivity contribution in [1.82, 2.24) is 0 Å². The summed E-state index contributed by atoms with van der Waals surface area (Å²) in [6.45, 7) is 2.76. The Kier molecular flexibility index (Phi) is 7.17. The Morgan fingerprint density at radius 1 is 1.09 bits per heavy atom. The predicted octanol–water partition coefficient (Wildman–Crippen LogP) is 4.83. The molecule has 1 N–H and O–H groups in total. The summed E-state index contributed by atoms with van der Waals surface area (Å²) in [4.78, 5) is 12.3. The Bertz CT molecular complexity index is 591. The fourth-order valence-electron chi connectivity index (χ4n) is 2.08. The van der Waals surface area contributed by atoms with E-state index in [1.165, 1.54) is 6.07 Å². The van der Waals surface area contributed by atoms with Gasteiger partial charge in [-0.25, -0.2) is 0 Å². The van der Waals surface area contributed by atoms with Gasteiger partial charge in [0.2, 0.25) is 0 Å². The first-order chi connectivity index (χ1) is 10.2. The molecule has 0 unspecified atom stereocenters. The lowest BCUT2D eigenvalue weighted by Crippen LogP contribution is -2.02. The number of benzene rings is 2. The predicted molar refractivity (Wildman–Crippen MR) is 89.7 cm³/mol. The lowest BCUT2D eigenvalue weighted by molar-refractivity contribution is 0.103. The van der Waals surface area contributed by atoms with Crippen LogP contribution in [0.2, 0.25) is 0 Å². The van der Waals surface area contributed by atoms with Gasteiger partial charge in [-0.2, -0.15) is 0 Å². The maximum absolute atomic E-state index is 12.3. The van der Waals surface area contributed by atoms with E-state index in [1.807, 2.05) is 6.07 Å².